The fraction of sp³-hybridized carbons (Fsp3) is 0.154. The highest BCUT2D eigenvalue weighted by Crippen LogP contribution is 2.17. The highest BCUT2D eigenvalue weighted by molar-refractivity contribution is 5.96. The monoisotopic (exact) mass is 274 g/mol. The highest BCUT2D eigenvalue weighted by Gasteiger charge is 2.11. The van der Waals surface area contributed by atoms with Gasteiger partial charge in [-0.2, -0.15) is 5.10 Å². The number of nitrogens with two attached hydrogens (primary N) is 1. The summed E-state index contributed by atoms with van der Waals surface area (Å²) in [5, 5.41) is 9.13. The number of H-pyrrole nitrogens is 1. The van der Waals surface area contributed by atoms with Gasteiger partial charge in [-0.1, -0.05) is 12.1 Å². The van der Waals surface area contributed by atoms with Crippen LogP contribution in [0.1, 0.15) is 16.1 Å². The number of para-hydroxylation sites is 1. The summed E-state index contributed by atoms with van der Waals surface area (Å²) in [5.74, 6) is -0.299. The molecule has 0 bridgehead atoms. The van der Waals surface area contributed by atoms with Gasteiger partial charge in [0, 0.05) is 11.8 Å². The Morgan fingerprint density at radius 1 is 1.40 bits per heavy atom. The van der Waals surface area contributed by atoms with E-state index in [1.807, 2.05) is 6.92 Å². The molecule has 7 heteroatoms. The summed E-state index contributed by atoms with van der Waals surface area (Å²) >= 11 is 0. The first kappa shape index (κ1) is 13.6. The molecule has 0 unspecified atom stereocenters. The Morgan fingerprint density at radius 3 is 2.80 bits per heavy atom. The summed E-state index contributed by atoms with van der Waals surface area (Å²) in [6, 6.07) is 8.16. The topological polar surface area (TPSA) is 110 Å². The average Bonchev–Trinajstić information content (AvgIpc) is 2.82. The van der Waals surface area contributed by atoms with Gasteiger partial charge in [0.15, 0.2) is 12.4 Å². The van der Waals surface area contributed by atoms with E-state index in [-0.39, 0.29) is 23.8 Å². The highest BCUT2D eigenvalue weighted by atomic mass is 16.5. The van der Waals surface area contributed by atoms with Crippen molar-refractivity contribution in [2.75, 3.05) is 11.9 Å². The number of nitrogens with one attached hydrogen (secondary N) is 2. The number of aromatic amines is 1. The molecule has 0 saturated carbocycles. The molecule has 0 radical (unpaired) electrons. The minimum absolute atomic E-state index is 0.232. The number of carbonyl (C=O) groups is 2. The number of rotatable bonds is 5. The molecular formula is C13H14N4O3. The van der Waals surface area contributed by atoms with Crippen molar-refractivity contribution in [2.45, 2.75) is 6.92 Å². The van der Waals surface area contributed by atoms with E-state index in [1.54, 1.807) is 24.3 Å². The first-order valence-corrected chi connectivity index (χ1v) is 5.90. The van der Waals surface area contributed by atoms with Crippen LogP contribution in [0, 0.1) is 6.92 Å². The van der Waals surface area contributed by atoms with Crippen LogP contribution in [0.5, 0.6) is 5.75 Å². The van der Waals surface area contributed by atoms with E-state index in [0.717, 1.165) is 5.69 Å². The fourth-order valence-electron chi connectivity index (χ4n) is 1.60. The minimum atomic E-state index is -0.607. The molecule has 2 rings (SSSR count). The van der Waals surface area contributed by atoms with E-state index >= 15 is 0 Å². The maximum atomic E-state index is 11.7. The molecule has 4 N–H and O–H groups in total. The quantitative estimate of drug-likeness (QED) is 0.750. The predicted molar refractivity (Wildman–Crippen MR) is 72.4 cm³/mol. The number of carbonyl (C=O) groups excluding carboxylic acids is 2. The average molecular weight is 274 g/mol. The number of aromatic nitrogens is 2. The molecule has 2 amide bonds. The molecule has 20 heavy (non-hydrogen) atoms. The maximum absolute atomic E-state index is 11.7. The first-order chi connectivity index (χ1) is 9.56. The van der Waals surface area contributed by atoms with Crippen LogP contribution in [0.4, 0.5) is 5.82 Å². The zero-order chi connectivity index (χ0) is 14.5. The molecule has 7 nitrogen and oxygen atoms in total. The third kappa shape index (κ3) is 3.35. The Bertz CT molecular complexity index is 636. The number of aryl methyl sites for hydroxylation is 1. The van der Waals surface area contributed by atoms with E-state index in [1.165, 1.54) is 6.07 Å². The van der Waals surface area contributed by atoms with Gasteiger partial charge in [-0.3, -0.25) is 14.7 Å². The lowest BCUT2D eigenvalue weighted by Crippen LogP contribution is -2.21. The summed E-state index contributed by atoms with van der Waals surface area (Å²) in [6.45, 7) is 1.58. The van der Waals surface area contributed by atoms with Crippen LogP contribution in [0.25, 0.3) is 0 Å². The molecular weight excluding hydrogens is 260 g/mol. The van der Waals surface area contributed by atoms with Crippen molar-refractivity contribution in [1.82, 2.24) is 10.2 Å². The first-order valence-electron chi connectivity index (χ1n) is 5.90. The maximum Gasteiger partial charge on any atom is 0.263 e. The molecule has 0 saturated heterocycles. The van der Waals surface area contributed by atoms with Crippen molar-refractivity contribution >= 4 is 17.6 Å². The summed E-state index contributed by atoms with van der Waals surface area (Å²) in [6.07, 6.45) is 0. The molecule has 2 aromatic rings. The van der Waals surface area contributed by atoms with Gasteiger partial charge >= 0.3 is 0 Å². The van der Waals surface area contributed by atoms with E-state index in [9.17, 15) is 9.59 Å². The zero-order valence-electron chi connectivity index (χ0n) is 10.8. The number of primary amides is 1. The van der Waals surface area contributed by atoms with Crippen LogP contribution in [-0.2, 0) is 4.79 Å². The third-order valence-corrected chi connectivity index (χ3v) is 2.48. The number of hydrogen-bond acceptors (Lipinski definition) is 4. The summed E-state index contributed by atoms with van der Waals surface area (Å²) in [4.78, 5) is 22.9. The van der Waals surface area contributed by atoms with Crippen molar-refractivity contribution < 1.29 is 14.3 Å². The van der Waals surface area contributed by atoms with Crippen LogP contribution < -0.4 is 15.8 Å². The molecule has 104 valence electrons. The van der Waals surface area contributed by atoms with Gasteiger partial charge in [0.2, 0.25) is 0 Å². The molecule has 0 aliphatic carbocycles. The van der Waals surface area contributed by atoms with E-state index in [2.05, 4.69) is 15.5 Å². The fourth-order valence-corrected chi connectivity index (χ4v) is 1.60. The zero-order valence-corrected chi connectivity index (χ0v) is 10.8. The lowest BCUT2D eigenvalue weighted by Gasteiger charge is -2.08. The number of ether oxygens (including phenoxy) is 1. The van der Waals surface area contributed by atoms with Gasteiger partial charge < -0.3 is 15.8 Å². The molecule has 0 atom stereocenters. The Morgan fingerprint density at radius 2 is 2.15 bits per heavy atom. The van der Waals surface area contributed by atoms with Crippen LogP contribution in [0.2, 0.25) is 0 Å². The van der Waals surface area contributed by atoms with Crippen molar-refractivity contribution in [1.29, 1.82) is 0 Å². The molecule has 0 aliphatic rings. The van der Waals surface area contributed by atoms with Gasteiger partial charge in [-0.15, -0.1) is 0 Å². The molecule has 1 aromatic carbocycles. The van der Waals surface area contributed by atoms with Crippen molar-refractivity contribution in [2.24, 2.45) is 5.73 Å². The molecule has 0 spiro atoms. The molecule has 1 aromatic heterocycles. The second-order valence-corrected chi connectivity index (χ2v) is 4.13. The van der Waals surface area contributed by atoms with Gasteiger partial charge in [-0.25, -0.2) is 0 Å². The lowest BCUT2D eigenvalue weighted by molar-refractivity contribution is -0.118. The number of hydrogen-bond donors (Lipinski definition) is 3. The Kier molecular flexibility index (Phi) is 3.99. The van der Waals surface area contributed by atoms with Crippen molar-refractivity contribution in [3.63, 3.8) is 0 Å². The lowest BCUT2D eigenvalue weighted by atomic mass is 10.2. The summed E-state index contributed by atoms with van der Waals surface area (Å²) in [7, 11) is 0. The smallest absolute Gasteiger partial charge is 0.263 e. The summed E-state index contributed by atoms with van der Waals surface area (Å²) < 4.78 is 5.29. The Hall–Kier alpha value is -2.83. The van der Waals surface area contributed by atoms with E-state index in [0.29, 0.717) is 5.82 Å². The van der Waals surface area contributed by atoms with Gasteiger partial charge in [0.1, 0.15) is 5.75 Å². The van der Waals surface area contributed by atoms with Crippen molar-refractivity contribution in [3.05, 3.63) is 41.6 Å². The number of anilines is 1. The predicted octanol–water partition coefficient (Wildman–Crippen LogP) is 0.835. The van der Waals surface area contributed by atoms with Crippen molar-refractivity contribution in [3.8, 4) is 5.75 Å². The van der Waals surface area contributed by atoms with Gasteiger partial charge in [0.05, 0.1) is 5.56 Å². The third-order valence-electron chi connectivity index (χ3n) is 2.48. The number of nitrogens with zero attached hydrogens (tertiary/aromatic N) is 1. The van der Waals surface area contributed by atoms with Crippen LogP contribution in [0.15, 0.2) is 30.3 Å². The molecule has 0 aliphatic heterocycles. The normalized spacial score (nSPS) is 10.1. The van der Waals surface area contributed by atoms with Gasteiger partial charge in [-0.05, 0) is 19.1 Å². The second-order valence-electron chi connectivity index (χ2n) is 4.13. The van der Waals surface area contributed by atoms with Crippen LogP contribution >= 0.6 is 0 Å². The molecule has 1 heterocycles. The van der Waals surface area contributed by atoms with E-state index < -0.39 is 5.91 Å². The van der Waals surface area contributed by atoms with Gasteiger partial charge in [0.25, 0.3) is 11.8 Å². The molecule has 0 fully saturated rings. The Labute approximate surface area is 115 Å². The summed E-state index contributed by atoms with van der Waals surface area (Å²) in [5.41, 5.74) is 6.28. The van der Waals surface area contributed by atoms with E-state index in [4.69, 9.17) is 10.5 Å². The van der Waals surface area contributed by atoms with Crippen LogP contribution in [-0.4, -0.2) is 28.6 Å². The Balaban J connectivity index is 1.95. The SMILES string of the molecule is Cc1cc(NC(=O)COc2ccccc2C(N)=O)n[nH]1. The van der Waals surface area contributed by atoms with Crippen LogP contribution in [0.3, 0.4) is 0 Å². The minimum Gasteiger partial charge on any atom is -0.483 e. The largest absolute Gasteiger partial charge is 0.483 e. The standard InChI is InChI=1S/C13H14N4O3/c1-8-6-11(17-16-8)15-12(18)7-20-10-5-3-2-4-9(10)13(14)19/h2-6H,7H2,1H3,(H2,14,19)(H2,15,16,17,18). The number of amides is 2. The second kappa shape index (κ2) is 5.87. The number of benzene rings is 1.